The number of aliphatic hydroxyl groups is 1. The lowest BCUT2D eigenvalue weighted by atomic mass is 10.3. The van der Waals surface area contributed by atoms with Gasteiger partial charge in [-0.1, -0.05) is 5.21 Å². The van der Waals surface area contributed by atoms with Crippen molar-refractivity contribution in [3.05, 3.63) is 12.4 Å². The highest BCUT2D eigenvalue weighted by Crippen LogP contribution is 1.86. The number of nitrogens with one attached hydrogen (secondary N) is 1. The predicted octanol–water partition coefficient (Wildman–Crippen LogP) is -1.60. The molecule has 1 unspecified atom stereocenters. The van der Waals surface area contributed by atoms with E-state index in [1.165, 1.54) is 18.0 Å². The quantitative estimate of drug-likeness (QED) is 0.595. The zero-order valence-electron chi connectivity index (χ0n) is 8.46. The molecule has 0 aliphatic heterocycles. The predicted molar refractivity (Wildman–Crippen MR) is 50.9 cm³/mol. The molecule has 0 aromatic carbocycles. The van der Waals surface area contributed by atoms with E-state index in [4.69, 9.17) is 9.84 Å². The second-order valence-electron chi connectivity index (χ2n) is 3.00. The van der Waals surface area contributed by atoms with Crippen molar-refractivity contribution in [2.24, 2.45) is 0 Å². The number of carbonyl (C=O) groups is 1. The normalized spacial score (nSPS) is 12.4. The van der Waals surface area contributed by atoms with Gasteiger partial charge in [-0.3, -0.25) is 4.79 Å². The molecule has 1 atom stereocenters. The lowest BCUT2D eigenvalue weighted by molar-refractivity contribution is -0.123. The maximum Gasteiger partial charge on any atom is 0.242 e. The molecule has 15 heavy (non-hydrogen) atoms. The van der Waals surface area contributed by atoms with Crippen LogP contribution in [0.2, 0.25) is 0 Å². The summed E-state index contributed by atoms with van der Waals surface area (Å²) in [7, 11) is 1.51. The van der Waals surface area contributed by atoms with Gasteiger partial charge in [0.05, 0.1) is 25.5 Å². The Labute approximate surface area is 87.0 Å². The molecule has 0 bridgehead atoms. The van der Waals surface area contributed by atoms with Gasteiger partial charge in [0.1, 0.15) is 6.54 Å². The Bertz CT molecular complexity index is 288. The molecule has 7 heteroatoms. The van der Waals surface area contributed by atoms with Crippen LogP contribution in [0.25, 0.3) is 0 Å². The fourth-order valence-corrected chi connectivity index (χ4v) is 1.08. The van der Waals surface area contributed by atoms with Gasteiger partial charge >= 0.3 is 0 Å². The molecule has 2 N–H and O–H groups in total. The van der Waals surface area contributed by atoms with Gasteiger partial charge in [-0.15, -0.1) is 5.10 Å². The van der Waals surface area contributed by atoms with E-state index in [1.807, 2.05) is 0 Å². The summed E-state index contributed by atoms with van der Waals surface area (Å²) in [5, 5.41) is 18.7. The van der Waals surface area contributed by atoms with Gasteiger partial charge in [-0.25, -0.2) is 4.68 Å². The molecule has 1 rings (SSSR count). The number of nitrogens with zero attached hydrogens (tertiary/aromatic N) is 3. The van der Waals surface area contributed by atoms with E-state index >= 15 is 0 Å². The Hall–Kier alpha value is -1.47. The standard InChI is InChI=1S/C8H14N4O3/c1-15-6-7(5-13)10-8(14)4-12-3-2-9-11-12/h2-3,7,13H,4-6H2,1H3,(H,10,14). The summed E-state index contributed by atoms with van der Waals surface area (Å²) in [6, 6.07) is -0.383. The van der Waals surface area contributed by atoms with Crippen LogP contribution in [0.1, 0.15) is 0 Å². The summed E-state index contributed by atoms with van der Waals surface area (Å²) in [6.07, 6.45) is 3.08. The number of ether oxygens (including phenoxy) is 1. The third-order valence-corrected chi connectivity index (χ3v) is 1.73. The summed E-state index contributed by atoms with van der Waals surface area (Å²) in [4.78, 5) is 11.4. The SMILES string of the molecule is COCC(CO)NC(=O)Cn1ccnn1. The number of methoxy groups -OCH3 is 1. The summed E-state index contributed by atoms with van der Waals surface area (Å²) in [6.45, 7) is 0.205. The zero-order chi connectivity index (χ0) is 11.1. The maximum absolute atomic E-state index is 11.4. The fraction of sp³-hybridized carbons (Fsp3) is 0.625. The minimum absolute atomic E-state index is 0.0835. The van der Waals surface area contributed by atoms with Crippen molar-refractivity contribution in [2.45, 2.75) is 12.6 Å². The van der Waals surface area contributed by atoms with Crippen LogP contribution < -0.4 is 5.32 Å². The first kappa shape index (κ1) is 11.6. The van der Waals surface area contributed by atoms with E-state index in [9.17, 15) is 4.79 Å². The van der Waals surface area contributed by atoms with Crippen molar-refractivity contribution in [1.29, 1.82) is 0 Å². The molecule has 0 aliphatic carbocycles. The number of hydrogen-bond acceptors (Lipinski definition) is 5. The monoisotopic (exact) mass is 214 g/mol. The van der Waals surface area contributed by atoms with Crippen LogP contribution in [-0.2, 0) is 16.1 Å². The molecule has 84 valence electrons. The molecule has 0 saturated carbocycles. The van der Waals surface area contributed by atoms with Gasteiger partial charge in [0.15, 0.2) is 0 Å². The van der Waals surface area contributed by atoms with Crippen LogP contribution in [0.15, 0.2) is 12.4 Å². The summed E-state index contributed by atoms with van der Waals surface area (Å²) >= 11 is 0. The summed E-state index contributed by atoms with van der Waals surface area (Å²) in [5.74, 6) is -0.239. The number of hydrogen-bond donors (Lipinski definition) is 2. The molecular weight excluding hydrogens is 200 g/mol. The Morgan fingerprint density at radius 2 is 2.53 bits per heavy atom. The molecule has 0 radical (unpaired) electrons. The highest BCUT2D eigenvalue weighted by atomic mass is 16.5. The molecule has 0 spiro atoms. The Kier molecular flexibility index (Phi) is 4.72. The first-order valence-electron chi connectivity index (χ1n) is 4.49. The van der Waals surface area contributed by atoms with Gasteiger partial charge in [0.25, 0.3) is 0 Å². The molecule has 7 nitrogen and oxygen atoms in total. The van der Waals surface area contributed by atoms with E-state index in [0.717, 1.165) is 0 Å². The van der Waals surface area contributed by atoms with Gasteiger partial charge in [-0.05, 0) is 0 Å². The van der Waals surface area contributed by atoms with Crippen LogP contribution in [0.5, 0.6) is 0 Å². The fourth-order valence-electron chi connectivity index (χ4n) is 1.08. The van der Waals surface area contributed by atoms with Crippen molar-refractivity contribution >= 4 is 5.91 Å². The molecular formula is C8H14N4O3. The van der Waals surface area contributed by atoms with E-state index < -0.39 is 0 Å². The zero-order valence-corrected chi connectivity index (χ0v) is 8.46. The van der Waals surface area contributed by atoms with Crippen molar-refractivity contribution in [3.63, 3.8) is 0 Å². The van der Waals surface area contributed by atoms with Gasteiger partial charge in [-0.2, -0.15) is 0 Å². The number of rotatable bonds is 6. The van der Waals surface area contributed by atoms with Gasteiger partial charge in [0.2, 0.25) is 5.91 Å². The van der Waals surface area contributed by atoms with E-state index in [0.29, 0.717) is 0 Å². The Morgan fingerprint density at radius 3 is 3.07 bits per heavy atom. The lowest BCUT2D eigenvalue weighted by Crippen LogP contribution is -2.42. The van der Waals surface area contributed by atoms with E-state index in [1.54, 1.807) is 6.20 Å². The van der Waals surface area contributed by atoms with Crippen LogP contribution in [0.4, 0.5) is 0 Å². The van der Waals surface area contributed by atoms with Gasteiger partial charge in [0, 0.05) is 13.3 Å². The lowest BCUT2D eigenvalue weighted by Gasteiger charge is -2.14. The summed E-state index contributed by atoms with van der Waals surface area (Å²) in [5.41, 5.74) is 0. The summed E-state index contributed by atoms with van der Waals surface area (Å²) < 4.78 is 6.22. The molecule has 1 amide bonds. The third kappa shape index (κ3) is 4.05. The maximum atomic E-state index is 11.4. The minimum atomic E-state index is -0.383. The van der Waals surface area contributed by atoms with Crippen LogP contribution in [-0.4, -0.2) is 52.4 Å². The van der Waals surface area contributed by atoms with E-state index in [-0.39, 0.29) is 31.7 Å². The molecule has 0 saturated heterocycles. The first-order chi connectivity index (χ1) is 7.26. The van der Waals surface area contributed by atoms with Crippen LogP contribution >= 0.6 is 0 Å². The first-order valence-corrected chi connectivity index (χ1v) is 4.49. The molecule has 1 aromatic rings. The number of aromatic nitrogens is 3. The molecule has 1 aromatic heterocycles. The second-order valence-corrected chi connectivity index (χ2v) is 3.00. The number of amides is 1. The van der Waals surface area contributed by atoms with Crippen molar-refractivity contribution in [2.75, 3.05) is 20.3 Å². The average molecular weight is 214 g/mol. The van der Waals surface area contributed by atoms with Crippen LogP contribution in [0, 0.1) is 0 Å². The third-order valence-electron chi connectivity index (χ3n) is 1.73. The average Bonchev–Trinajstić information content (AvgIpc) is 2.69. The van der Waals surface area contributed by atoms with Crippen molar-refractivity contribution in [3.8, 4) is 0 Å². The molecule has 0 aliphatic rings. The molecule has 1 heterocycles. The topological polar surface area (TPSA) is 89.3 Å². The largest absolute Gasteiger partial charge is 0.394 e. The number of carbonyl (C=O) groups excluding carboxylic acids is 1. The number of aliphatic hydroxyl groups excluding tert-OH is 1. The van der Waals surface area contributed by atoms with Gasteiger partial charge < -0.3 is 15.2 Å². The van der Waals surface area contributed by atoms with Crippen LogP contribution in [0.3, 0.4) is 0 Å². The van der Waals surface area contributed by atoms with E-state index in [2.05, 4.69) is 15.6 Å². The smallest absolute Gasteiger partial charge is 0.242 e. The minimum Gasteiger partial charge on any atom is -0.394 e. The second kappa shape index (κ2) is 6.10. The highest BCUT2D eigenvalue weighted by Gasteiger charge is 2.11. The molecule has 0 fully saturated rings. The highest BCUT2D eigenvalue weighted by molar-refractivity contribution is 5.75. The van der Waals surface area contributed by atoms with Crippen molar-refractivity contribution < 1.29 is 14.6 Å². The Balaban J connectivity index is 2.34. The Morgan fingerprint density at radius 1 is 1.73 bits per heavy atom. The van der Waals surface area contributed by atoms with Crippen molar-refractivity contribution in [1.82, 2.24) is 20.3 Å².